The van der Waals surface area contributed by atoms with Crippen LogP contribution in [0.2, 0.25) is 0 Å². The van der Waals surface area contributed by atoms with Gasteiger partial charge in [-0.15, -0.1) is 0 Å². The molecule has 0 spiro atoms. The van der Waals surface area contributed by atoms with E-state index >= 15 is 0 Å². The number of rotatable bonds is 7. The summed E-state index contributed by atoms with van der Waals surface area (Å²) in [6.45, 7) is 0. The second kappa shape index (κ2) is 9.24. The molecule has 1 fully saturated rings. The third kappa shape index (κ3) is 4.30. The number of aromatic nitrogens is 1. The standard InChI is InChI=1S/C25H30N2O3/c1-29-23-13-12-17(14-24(23)30-2)20(15-25(28)27-18-8-4-3-5-9-18)21-16-26-22-11-7-6-10-19(21)22/h6-7,10-14,16,18,20,26H,3-5,8-9,15H2,1-2H3,(H,27,28)/t20-/m1/s1. The SMILES string of the molecule is COc1ccc([C@@H](CC(=O)NC2CCCCC2)c2c[nH]c3ccccc23)cc1OC. The van der Waals surface area contributed by atoms with Crippen LogP contribution in [0.15, 0.2) is 48.7 Å². The van der Waals surface area contributed by atoms with Gasteiger partial charge < -0.3 is 19.8 Å². The molecule has 30 heavy (non-hydrogen) atoms. The van der Waals surface area contributed by atoms with E-state index in [9.17, 15) is 4.79 Å². The van der Waals surface area contributed by atoms with Crippen molar-refractivity contribution in [1.29, 1.82) is 0 Å². The predicted molar refractivity (Wildman–Crippen MR) is 119 cm³/mol. The van der Waals surface area contributed by atoms with Crippen LogP contribution < -0.4 is 14.8 Å². The van der Waals surface area contributed by atoms with E-state index in [4.69, 9.17) is 9.47 Å². The molecule has 1 amide bonds. The first-order chi connectivity index (χ1) is 14.7. The smallest absolute Gasteiger partial charge is 0.221 e. The first-order valence-corrected chi connectivity index (χ1v) is 10.8. The van der Waals surface area contributed by atoms with Crippen molar-refractivity contribution in [2.45, 2.75) is 50.5 Å². The van der Waals surface area contributed by atoms with Crippen molar-refractivity contribution in [2.24, 2.45) is 0 Å². The lowest BCUT2D eigenvalue weighted by Crippen LogP contribution is -2.36. The van der Waals surface area contributed by atoms with Crippen molar-refractivity contribution in [3.63, 3.8) is 0 Å². The fourth-order valence-electron chi connectivity index (χ4n) is 4.58. The molecule has 5 heteroatoms. The lowest BCUT2D eigenvalue weighted by molar-refractivity contribution is -0.122. The molecule has 5 nitrogen and oxygen atoms in total. The highest BCUT2D eigenvalue weighted by atomic mass is 16.5. The van der Waals surface area contributed by atoms with Crippen molar-refractivity contribution in [3.8, 4) is 11.5 Å². The minimum atomic E-state index is -0.0791. The molecule has 0 saturated heterocycles. The predicted octanol–water partition coefficient (Wildman–Crippen LogP) is 5.16. The highest BCUT2D eigenvalue weighted by Gasteiger charge is 2.24. The van der Waals surface area contributed by atoms with Gasteiger partial charge in [0.05, 0.1) is 14.2 Å². The van der Waals surface area contributed by atoms with E-state index in [2.05, 4.69) is 22.4 Å². The summed E-state index contributed by atoms with van der Waals surface area (Å²) in [6.07, 6.45) is 8.27. The molecule has 2 aromatic carbocycles. The Bertz CT molecular complexity index is 1000. The molecule has 3 aromatic rings. The molecule has 0 aliphatic heterocycles. The molecule has 1 aliphatic rings. The second-order valence-electron chi connectivity index (χ2n) is 8.06. The molecule has 1 heterocycles. The zero-order valence-electron chi connectivity index (χ0n) is 17.7. The van der Waals surface area contributed by atoms with Gasteiger partial charge in [-0.3, -0.25) is 4.79 Å². The number of nitrogens with one attached hydrogen (secondary N) is 2. The Labute approximate surface area is 177 Å². The number of hydrogen-bond donors (Lipinski definition) is 2. The maximum Gasteiger partial charge on any atom is 0.221 e. The van der Waals surface area contributed by atoms with Crippen molar-refractivity contribution in [1.82, 2.24) is 10.3 Å². The molecular weight excluding hydrogens is 376 g/mol. The van der Waals surface area contributed by atoms with Gasteiger partial charge in [-0.1, -0.05) is 43.5 Å². The lowest BCUT2D eigenvalue weighted by Gasteiger charge is -2.24. The minimum Gasteiger partial charge on any atom is -0.493 e. The number of ether oxygens (including phenoxy) is 2. The Balaban J connectivity index is 1.67. The van der Waals surface area contributed by atoms with Crippen molar-refractivity contribution in [2.75, 3.05) is 14.2 Å². The van der Waals surface area contributed by atoms with Gasteiger partial charge in [0.1, 0.15) is 0 Å². The summed E-state index contributed by atoms with van der Waals surface area (Å²) in [6, 6.07) is 14.5. The molecule has 4 rings (SSSR count). The van der Waals surface area contributed by atoms with Crippen molar-refractivity contribution >= 4 is 16.8 Å². The summed E-state index contributed by atoms with van der Waals surface area (Å²) in [5.41, 5.74) is 3.23. The zero-order chi connectivity index (χ0) is 20.9. The monoisotopic (exact) mass is 406 g/mol. The van der Waals surface area contributed by atoms with E-state index in [1.807, 2.05) is 36.5 Å². The van der Waals surface area contributed by atoms with Gasteiger partial charge in [0, 0.05) is 35.5 Å². The number of amides is 1. The summed E-state index contributed by atoms with van der Waals surface area (Å²) >= 11 is 0. The second-order valence-corrected chi connectivity index (χ2v) is 8.06. The van der Waals surface area contributed by atoms with Crippen LogP contribution >= 0.6 is 0 Å². The van der Waals surface area contributed by atoms with E-state index in [-0.39, 0.29) is 11.8 Å². The molecule has 0 bridgehead atoms. The number of H-pyrrole nitrogens is 1. The van der Waals surface area contributed by atoms with Gasteiger partial charge in [-0.25, -0.2) is 0 Å². The number of carbonyl (C=O) groups excluding carboxylic acids is 1. The van der Waals surface area contributed by atoms with Crippen LogP contribution in [0, 0.1) is 0 Å². The normalized spacial score (nSPS) is 15.7. The minimum absolute atomic E-state index is 0.0791. The summed E-state index contributed by atoms with van der Waals surface area (Å²) < 4.78 is 10.9. The Morgan fingerprint density at radius 3 is 2.60 bits per heavy atom. The van der Waals surface area contributed by atoms with Crippen LogP contribution in [0.4, 0.5) is 0 Å². The van der Waals surface area contributed by atoms with Gasteiger partial charge in [-0.2, -0.15) is 0 Å². The van der Waals surface area contributed by atoms with Gasteiger partial charge in [-0.05, 0) is 42.2 Å². The topological polar surface area (TPSA) is 63.3 Å². The summed E-state index contributed by atoms with van der Waals surface area (Å²) in [5.74, 6) is 1.38. The number of para-hydroxylation sites is 1. The highest BCUT2D eigenvalue weighted by Crippen LogP contribution is 2.37. The summed E-state index contributed by atoms with van der Waals surface area (Å²) in [5, 5.41) is 4.42. The summed E-state index contributed by atoms with van der Waals surface area (Å²) in [4.78, 5) is 16.4. The number of fused-ring (bicyclic) bond motifs is 1. The fraction of sp³-hybridized carbons (Fsp3) is 0.400. The molecule has 158 valence electrons. The number of benzene rings is 2. The van der Waals surface area contributed by atoms with E-state index in [1.54, 1.807) is 14.2 Å². The number of methoxy groups -OCH3 is 2. The molecule has 1 aromatic heterocycles. The van der Waals surface area contributed by atoms with E-state index < -0.39 is 0 Å². The molecule has 1 atom stereocenters. The van der Waals surface area contributed by atoms with E-state index in [1.165, 1.54) is 19.3 Å². The highest BCUT2D eigenvalue weighted by molar-refractivity contribution is 5.86. The molecular formula is C25H30N2O3. The molecule has 1 saturated carbocycles. The fourth-order valence-corrected chi connectivity index (χ4v) is 4.58. The quantitative estimate of drug-likeness (QED) is 0.570. The largest absolute Gasteiger partial charge is 0.493 e. The van der Waals surface area contributed by atoms with Crippen molar-refractivity contribution < 1.29 is 14.3 Å². The zero-order valence-corrected chi connectivity index (χ0v) is 17.7. The molecule has 2 N–H and O–H groups in total. The van der Waals surface area contributed by atoms with Crippen LogP contribution in [0.25, 0.3) is 10.9 Å². The van der Waals surface area contributed by atoms with Crippen LogP contribution in [0.1, 0.15) is 55.6 Å². The Morgan fingerprint density at radius 2 is 1.83 bits per heavy atom. The van der Waals surface area contributed by atoms with Gasteiger partial charge >= 0.3 is 0 Å². The van der Waals surface area contributed by atoms with E-state index in [0.717, 1.165) is 34.9 Å². The third-order valence-corrected chi connectivity index (χ3v) is 6.17. The number of carbonyl (C=O) groups is 1. The number of aromatic amines is 1. The number of hydrogen-bond acceptors (Lipinski definition) is 3. The van der Waals surface area contributed by atoms with E-state index in [0.29, 0.717) is 24.0 Å². The Hall–Kier alpha value is -2.95. The lowest BCUT2D eigenvalue weighted by atomic mass is 9.87. The van der Waals surface area contributed by atoms with Crippen LogP contribution in [0.3, 0.4) is 0 Å². The maximum atomic E-state index is 13.0. The Morgan fingerprint density at radius 1 is 1.07 bits per heavy atom. The first kappa shape index (κ1) is 20.3. The van der Waals surface area contributed by atoms with Crippen molar-refractivity contribution in [3.05, 3.63) is 59.8 Å². The molecule has 0 unspecified atom stereocenters. The third-order valence-electron chi connectivity index (χ3n) is 6.17. The molecule has 0 radical (unpaired) electrons. The van der Waals surface area contributed by atoms with Gasteiger partial charge in [0.25, 0.3) is 0 Å². The van der Waals surface area contributed by atoms with Crippen LogP contribution in [-0.4, -0.2) is 31.2 Å². The Kier molecular flexibility index (Phi) is 6.26. The average Bonchev–Trinajstić information content (AvgIpc) is 3.21. The average molecular weight is 407 g/mol. The van der Waals surface area contributed by atoms with Gasteiger partial charge in [0.15, 0.2) is 11.5 Å². The van der Waals surface area contributed by atoms with Crippen LogP contribution in [-0.2, 0) is 4.79 Å². The first-order valence-electron chi connectivity index (χ1n) is 10.8. The maximum absolute atomic E-state index is 13.0. The summed E-state index contributed by atoms with van der Waals surface area (Å²) in [7, 11) is 3.27. The molecule has 1 aliphatic carbocycles. The van der Waals surface area contributed by atoms with Crippen LogP contribution in [0.5, 0.6) is 11.5 Å². The van der Waals surface area contributed by atoms with Gasteiger partial charge in [0.2, 0.25) is 5.91 Å².